The molecule has 0 atom stereocenters. The lowest BCUT2D eigenvalue weighted by atomic mass is 9.66. The molecule has 0 bridgehead atoms. The van der Waals surface area contributed by atoms with E-state index >= 15 is 0 Å². The molecule has 2 rings (SSSR count). The maximum Gasteiger partial charge on any atom is 0.0884 e. The summed E-state index contributed by atoms with van der Waals surface area (Å²) in [4.78, 5) is 0. The minimum absolute atomic E-state index is 0.0434. The molecular weight excluding hydrogens is 224 g/mol. The first-order valence-corrected chi connectivity index (χ1v) is 7.78. The predicted octanol–water partition coefficient (Wildman–Crippen LogP) is 3.43. The lowest BCUT2D eigenvalue weighted by molar-refractivity contribution is -0.0518. The van der Waals surface area contributed by atoms with E-state index in [0.717, 1.165) is 25.7 Å². The first-order valence-electron chi connectivity index (χ1n) is 7.78. The number of hydrogen-bond donors (Lipinski definition) is 2. The highest BCUT2D eigenvalue weighted by molar-refractivity contribution is 5.09. The van der Waals surface area contributed by atoms with E-state index in [0.29, 0.717) is 11.8 Å². The Kier molecular flexibility index (Phi) is 5.25. The van der Waals surface area contributed by atoms with E-state index in [2.05, 4.69) is 0 Å². The fourth-order valence-corrected chi connectivity index (χ4v) is 3.98. The van der Waals surface area contributed by atoms with Crippen molar-refractivity contribution < 1.29 is 10.2 Å². The van der Waals surface area contributed by atoms with Crippen molar-refractivity contribution in [3.05, 3.63) is 12.2 Å². The van der Waals surface area contributed by atoms with E-state index in [1.807, 2.05) is 6.08 Å². The quantitative estimate of drug-likeness (QED) is 0.753. The molecular formula is C16H28O2. The molecule has 2 saturated carbocycles. The molecule has 0 spiro atoms. The Hall–Kier alpha value is -0.340. The smallest absolute Gasteiger partial charge is 0.0884 e. The van der Waals surface area contributed by atoms with Gasteiger partial charge in [-0.1, -0.05) is 50.7 Å². The Morgan fingerprint density at radius 3 is 1.67 bits per heavy atom. The van der Waals surface area contributed by atoms with Crippen molar-refractivity contribution in [2.24, 2.45) is 11.8 Å². The Morgan fingerprint density at radius 2 is 1.28 bits per heavy atom. The second-order valence-corrected chi connectivity index (χ2v) is 6.14. The molecule has 2 aliphatic carbocycles. The van der Waals surface area contributed by atoms with Crippen molar-refractivity contribution in [3.8, 4) is 0 Å². The van der Waals surface area contributed by atoms with E-state index in [1.165, 1.54) is 38.5 Å². The lowest BCUT2D eigenvalue weighted by Gasteiger charge is -2.43. The Balaban J connectivity index is 2.11. The summed E-state index contributed by atoms with van der Waals surface area (Å²) in [6.07, 6.45) is 16.0. The van der Waals surface area contributed by atoms with Crippen molar-refractivity contribution in [3.63, 3.8) is 0 Å². The van der Waals surface area contributed by atoms with Crippen molar-refractivity contribution >= 4 is 0 Å². The molecule has 0 heterocycles. The maximum absolute atomic E-state index is 11.2. The van der Waals surface area contributed by atoms with Crippen LogP contribution >= 0.6 is 0 Å². The third-order valence-corrected chi connectivity index (χ3v) is 5.01. The van der Waals surface area contributed by atoms with E-state index in [-0.39, 0.29) is 6.61 Å². The Bertz CT molecular complexity index is 242. The largest absolute Gasteiger partial charge is 0.392 e. The third kappa shape index (κ3) is 3.16. The van der Waals surface area contributed by atoms with Crippen LogP contribution in [0.15, 0.2) is 12.2 Å². The van der Waals surface area contributed by atoms with Crippen LogP contribution in [-0.2, 0) is 0 Å². The summed E-state index contributed by atoms with van der Waals surface area (Å²) in [6.45, 7) is 0.0434. The van der Waals surface area contributed by atoms with Gasteiger partial charge in [-0.15, -0.1) is 0 Å². The van der Waals surface area contributed by atoms with Crippen molar-refractivity contribution in [2.45, 2.75) is 69.8 Å². The van der Waals surface area contributed by atoms with Crippen molar-refractivity contribution in [1.29, 1.82) is 0 Å². The van der Waals surface area contributed by atoms with Crippen molar-refractivity contribution in [2.75, 3.05) is 6.61 Å². The molecule has 2 fully saturated rings. The molecule has 2 heteroatoms. The maximum atomic E-state index is 11.2. The monoisotopic (exact) mass is 252 g/mol. The topological polar surface area (TPSA) is 40.5 Å². The molecule has 2 nitrogen and oxygen atoms in total. The van der Waals surface area contributed by atoms with Gasteiger partial charge in [-0.05, 0) is 37.5 Å². The van der Waals surface area contributed by atoms with Gasteiger partial charge in [-0.25, -0.2) is 0 Å². The highest BCUT2D eigenvalue weighted by Gasteiger charge is 2.41. The Morgan fingerprint density at radius 1 is 0.833 bits per heavy atom. The SMILES string of the molecule is OC/C=C\C(O)(C1CCCCC1)C1CCCCC1. The lowest BCUT2D eigenvalue weighted by Crippen LogP contribution is -2.45. The van der Waals surface area contributed by atoms with Crippen LogP contribution in [0.25, 0.3) is 0 Å². The zero-order valence-electron chi connectivity index (χ0n) is 11.5. The molecule has 0 amide bonds. The second kappa shape index (κ2) is 6.72. The van der Waals surface area contributed by atoms with Gasteiger partial charge in [0.05, 0.1) is 12.2 Å². The number of hydrogen-bond acceptors (Lipinski definition) is 2. The second-order valence-electron chi connectivity index (χ2n) is 6.14. The predicted molar refractivity (Wildman–Crippen MR) is 74.3 cm³/mol. The van der Waals surface area contributed by atoms with Gasteiger partial charge in [0.25, 0.3) is 0 Å². The highest BCUT2D eigenvalue weighted by atomic mass is 16.3. The molecule has 2 aliphatic rings. The van der Waals surface area contributed by atoms with Gasteiger partial charge in [0.1, 0.15) is 0 Å². The zero-order chi connectivity index (χ0) is 12.8. The summed E-state index contributed by atoms with van der Waals surface area (Å²) in [5, 5.41) is 20.2. The van der Waals surface area contributed by atoms with Crippen LogP contribution in [-0.4, -0.2) is 22.4 Å². The minimum atomic E-state index is -0.649. The molecule has 0 unspecified atom stereocenters. The van der Waals surface area contributed by atoms with E-state index < -0.39 is 5.60 Å². The van der Waals surface area contributed by atoms with Crippen LogP contribution in [0.1, 0.15) is 64.2 Å². The molecule has 0 saturated heterocycles. The summed E-state index contributed by atoms with van der Waals surface area (Å²) in [5.41, 5.74) is -0.649. The molecule has 2 N–H and O–H groups in total. The fourth-order valence-electron chi connectivity index (χ4n) is 3.98. The summed E-state index contributed by atoms with van der Waals surface area (Å²) in [6, 6.07) is 0. The highest BCUT2D eigenvalue weighted by Crippen LogP contribution is 2.43. The first-order chi connectivity index (χ1) is 8.77. The van der Waals surface area contributed by atoms with Crippen molar-refractivity contribution in [1.82, 2.24) is 0 Å². The molecule has 18 heavy (non-hydrogen) atoms. The number of rotatable bonds is 4. The van der Waals surface area contributed by atoms with Crippen LogP contribution in [0.4, 0.5) is 0 Å². The fraction of sp³-hybridized carbons (Fsp3) is 0.875. The van der Waals surface area contributed by atoms with Crippen LogP contribution in [0.5, 0.6) is 0 Å². The van der Waals surface area contributed by atoms with Gasteiger partial charge in [-0.2, -0.15) is 0 Å². The molecule has 0 aromatic rings. The third-order valence-electron chi connectivity index (χ3n) is 5.01. The molecule has 0 aromatic heterocycles. The van der Waals surface area contributed by atoms with Crippen LogP contribution in [0, 0.1) is 11.8 Å². The molecule has 0 aromatic carbocycles. The average Bonchev–Trinajstić information content (AvgIpc) is 2.46. The van der Waals surface area contributed by atoms with E-state index in [4.69, 9.17) is 5.11 Å². The van der Waals surface area contributed by atoms with Crippen LogP contribution in [0.2, 0.25) is 0 Å². The zero-order valence-corrected chi connectivity index (χ0v) is 11.5. The van der Waals surface area contributed by atoms with Gasteiger partial charge in [0.15, 0.2) is 0 Å². The summed E-state index contributed by atoms with van der Waals surface area (Å²) in [7, 11) is 0. The van der Waals surface area contributed by atoms with Crippen LogP contribution in [0.3, 0.4) is 0 Å². The number of aliphatic hydroxyl groups excluding tert-OH is 1. The summed E-state index contributed by atoms with van der Waals surface area (Å²) >= 11 is 0. The Labute approximate surface area is 111 Å². The standard InChI is InChI=1S/C16H28O2/c17-13-7-12-16(18,14-8-3-1-4-9-14)15-10-5-2-6-11-15/h7,12,14-15,17-18H,1-6,8-11,13H2/b12-7-. The molecule has 0 aliphatic heterocycles. The molecule has 104 valence electrons. The average molecular weight is 252 g/mol. The van der Waals surface area contributed by atoms with Gasteiger partial charge in [-0.3, -0.25) is 0 Å². The normalized spacial score (nSPS) is 24.8. The van der Waals surface area contributed by atoms with Crippen LogP contribution < -0.4 is 0 Å². The first kappa shape index (κ1) is 14.1. The van der Waals surface area contributed by atoms with E-state index in [1.54, 1.807) is 6.08 Å². The van der Waals surface area contributed by atoms with Gasteiger partial charge in [0.2, 0.25) is 0 Å². The molecule has 0 radical (unpaired) electrons. The summed E-state index contributed by atoms with van der Waals surface area (Å²) < 4.78 is 0. The van der Waals surface area contributed by atoms with Gasteiger partial charge >= 0.3 is 0 Å². The van der Waals surface area contributed by atoms with Gasteiger partial charge < -0.3 is 10.2 Å². The number of aliphatic hydroxyl groups is 2. The minimum Gasteiger partial charge on any atom is -0.392 e. The summed E-state index contributed by atoms with van der Waals surface area (Å²) in [5.74, 6) is 0.828. The van der Waals surface area contributed by atoms with E-state index in [9.17, 15) is 5.11 Å². The van der Waals surface area contributed by atoms with Gasteiger partial charge in [0, 0.05) is 0 Å².